The highest BCUT2D eigenvalue weighted by Crippen LogP contribution is 2.15. The minimum Gasteiger partial charge on any atom is -0.492 e. The molecule has 0 radical (unpaired) electrons. The minimum atomic E-state index is -2.74. The summed E-state index contributed by atoms with van der Waals surface area (Å²) in [7, 11) is 3.92. The van der Waals surface area contributed by atoms with E-state index in [0.717, 1.165) is 17.9 Å². The van der Waals surface area contributed by atoms with Crippen LogP contribution in [0.25, 0.3) is 11.8 Å². The van der Waals surface area contributed by atoms with Crippen molar-refractivity contribution in [2.45, 2.75) is 19.9 Å². The number of anilines is 1. The third kappa shape index (κ3) is 6.90. The number of carbonyl (C=O) groups is 1. The van der Waals surface area contributed by atoms with Crippen molar-refractivity contribution in [1.82, 2.24) is 14.8 Å². The number of thiazole rings is 1. The summed E-state index contributed by atoms with van der Waals surface area (Å²) in [6.07, 6.45) is -1.26. The molecule has 1 aromatic carbocycles. The van der Waals surface area contributed by atoms with Crippen LogP contribution in [-0.4, -0.2) is 55.6 Å². The SMILES string of the molecule is CCn1c(=O)/c(=C\Nc2ccc(OCCN(C)C)cc2)s/c1=C(/C#N)C(=O)NCC(F)F. The van der Waals surface area contributed by atoms with Gasteiger partial charge in [0.05, 0.1) is 6.54 Å². The minimum absolute atomic E-state index is 0.115. The molecule has 0 unspecified atom stereocenters. The Morgan fingerprint density at radius 3 is 2.59 bits per heavy atom. The molecule has 0 aliphatic carbocycles. The van der Waals surface area contributed by atoms with Gasteiger partial charge in [-0.15, -0.1) is 11.3 Å². The number of nitriles is 1. The van der Waals surface area contributed by atoms with Crippen LogP contribution in [0.1, 0.15) is 6.92 Å². The van der Waals surface area contributed by atoms with E-state index in [2.05, 4.69) is 5.32 Å². The molecular formula is C21H25F2N5O3S. The largest absolute Gasteiger partial charge is 0.492 e. The third-order valence-electron chi connectivity index (χ3n) is 4.23. The number of amides is 1. The highest BCUT2D eigenvalue weighted by Gasteiger charge is 2.16. The third-order valence-corrected chi connectivity index (χ3v) is 5.36. The zero-order valence-corrected chi connectivity index (χ0v) is 18.8. The predicted octanol–water partition coefficient (Wildman–Crippen LogP) is 0.776. The molecule has 32 heavy (non-hydrogen) atoms. The lowest BCUT2D eigenvalue weighted by molar-refractivity contribution is -0.116. The number of rotatable bonds is 10. The molecule has 2 rings (SSSR count). The van der Waals surface area contributed by atoms with Crippen LogP contribution in [0.3, 0.4) is 0 Å². The highest BCUT2D eigenvalue weighted by molar-refractivity contribution is 7.07. The number of hydrogen-bond acceptors (Lipinski definition) is 7. The normalized spacial score (nSPS) is 12.6. The van der Waals surface area contributed by atoms with Crippen molar-refractivity contribution in [2.75, 3.05) is 39.1 Å². The molecule has 0 saturated heterocycles. The fourth-order valence-corrected chi connectivity index (χ4v) is 3.68. The summed E-state index contributed by atoms with van der Waals surface area (Å²) in [6.45, 7) is 2.38. The number of halogens is 2. The Morgan fingerprint density at radius 1 is 1.34 bits per heavy atom. The van der Waals surface area contributed by atoms with E-state index < -0.39 is 24.4 Å². The van der Waals surface area contributed by atoms with Crippen LogP contribution in [0.2, 0.25) is 0 Å². The summed E-state index contributed by atoms with van der Waals surface area (Å²) in [6, 6.07) is 8.89. The number of nitrogens with zero attached hydrogens (tertiary/aromatic N) is 3. The summed E-state index contributed by atoms with van der Waals surface area (Å²) < 4.78 is 32.0. The number of hydrogen-bond donors (Lipinski definition) is 2. The molecular weight excluding hydrogens is 440 g/mol. The first-order valence-electron chi connectivity index (χ1n) is 9.81. The topological polar surface area (TPSA) is 99.4 Å². The number of benzene rings is 1. The van der Waals surface area contributed by atoms with Gasteiger partial charge in [0.1, 0.15) is 27.6 Å². The molecule has 1 amide bonds. The molecule has 11 heteroatoms. The smallest absolute Gasteiger partial charge is 0.270 e. The molecule has 172 valence electrons. The van der Waals surface area contributed by atoms with E-state index in [0.29, 0.717) is 18.0 Å². The van der Waals surface area contributed by atoms with Gasteiger partial charge < -0.3 is 20.3 Å². The number of carbonyl (C=O) groups excluding carboxylic acids is 1. The summed E-state index contributed by atoms with van der Waals surface area (Å²) >= 11 is 0.937. The molecule has 2 N–H and O–H groups in total. The lowest BCUT2D eigenvalue weighted by atomic mass is 10.3. The zero-order valence-electron chi connectivity index (χ0n) is 18.0. The highest BCUT2D eigenvalue weighted by atomic mass is 32.1. The van der Waals surface area contributed by atoms with E-state index in [1.165, 1.54) is 10.8 Å². The quantitative estimate of drug-likeness (QED) is 0.538. The molecule has 0 saturated carbocycles. The van der Waals surface area contributed by atoms with Gasteiger partial charge in [0.15, 0.2) is 5.57 Å². The molecule has 0 aliphatic rings. The number of likely N-dealkylation sites (N-methyl/N-ethyl adjacent to an activating group) is 1. The van der Waals surface area contributed by atoms with Crippen LogP contribution in [-0.2, 0) is 11.3 Å². The molecule has 0 atom stereocenters. The Hall–Kier alpha value is -3.23. The van der Waals surface area contributed by atoms with E-state index in [9.17, 15) is 23.6 Å². The summed E-state index contributed by atoms with van der Waals surface area (Å²) in [5, 5.41) is 14.4. The second-order valence-corrected chi connectivity index (χ2v) is 7.90. The summed E-state index contributed by atoms with van der Waals surface area (Å²) in [5.74, 6) is -0.229. The van der Waals surface area contributed by atoms with Gasteiger partial charge in [-0.3, -0.25) is 14.2 Å². The van der Waals surface area contributed by atoms with E-state index in [-0.39, 0.29) is 21.3 Å². The fourth-order valence-electron chi connectivity index (χ4n) is 2.59. The Labute approximate surface area is 188 Å². The Morgan fingerprint density at radius 2 is 2.03 bits per heavy atom. The molecule has 0 bridgehead atoms. The van der Waals surface area contributed by atoms with E-state index >= 15 is 0 Å². The molecule has 1 aromatic heterocycles. The average molecular weight is 466 g/mol. The van der Waals surface area contributed by atoms with Crippen molar-refractivity contribution in [3.63, 3.8) is 0 Å². The Balaban J connectivity index is 2.27. The zero-order chi connectivity index (χ0) is 23.7. The Kier molecular flexibility index (Phi) is 9.37. The second-order valence-electron chi connectivity index (χ2n) is 6.87. The first-order chi connectivity index (χ1) is 15.3. The number of ether oxygens (including phenoxy) is 1. The first-order valence-corrected chi connectivity index (χ1v) is 10.6. The maximum absolute atomic E-state index is 12.7. The van der Waals surface area contributed by atoms with Crippen molar-refractivity contribution in [2.24, 2.45) is 0 Å². The Bertz CT molecular complexity index is 1130. The van der Waals surface area contributed by atoms with E-state index in [1.54, 1.807) is 37.3 Å². The molecule has 0 spiro atoms. The van der Waals surface area contributed by atoms with Gasteiger partial charge in [-0.2, -0.15) is 5.26 Å². The number of alkyl halides is 2. The predicted molar refractivity (Wildman–Crippen MR) is 120 cm³/mol. The monoisotopic (exact) mass is 465 g/mol. The standard InChI is InChI=1S/C21H25F2N5O3S/c1-4-28-20(30)17(32-21(28)16(11-24)19(29)26-13-18(22)23)12-25-14-5-7-15(8-6-14)31-10-9-27(2)3/h5-8,12,18,25H,4,9-10,13H2,1-3H3,(H,26,29)/b17-12+,21-16-. The molecule has 0 aliphatic heterocycles. The van der Waals surface area contributed by atoms with Crippen molar-refractivity contribution < 1.29 is 18.3 Å². The van der Waals surface area contributed by atoms with Gasteiger partial charge in [-0.1, -0.05) is 0 Å². The van der Waals surface area contributed by atoms with Gasteiger partial charge in [0.2, 0.25) is 0 Å². The van der Waals surface area contributed by atoms with Gasteiger partial charge in [-0.05, 0) is 45.3 Å². The maximum atomic E-state index is 12.7. The van der Waals surface area contributed by atoms with Crippen LogP contribution in [0.5, 0.6) is 5.75 Å². The van der Waals surface area contributed by atoms with Crippen LogP contribution in [0.15, 0.2) is 29.1 Å². The van der Waals surface area contributed by atoms with Crippen LogP contribution in [0.4, 0.5) is 14.5 Å². The van der Waals surface area contributed by atoms with Crippen molar-refractivity contribution in [3.05, 3.63) is 43.8 Å². The first kappa shape index (κ1) is 25.0. The molecule has 2 aromatic rings. The molecule has 8 nitrogen and oxygen atoms in total. The van der Waals surface area contributed by atoms with Gasteiger partial charge in [0, 0.05) is 25.0 Å². The maximum Gasteiger partial charge on any atom is 0.270 e. The van der Waals surface area contributed by atoms with Gasteiger partial charge in [0.25, 0.3) is 17.9 Å². The van der Waals surface area contributed by atoms with E-state index in [1.807, 2.05) is 24.3 Å². The van der Waals surface area contributed by atoms with Crippen molar-refractivity contribution in [1.29, 1.82) is 5.26 Å². The fraction of sp³-hybridized carbons (Fsp3) is 0.381. The number of aromatic nitrogens is 1. The van der Waals surface area contributed by atoms with Crippen LogP contribution in [0, 0.1) is 11.3 Å². The van der Waals surface area contributed by atoms with E-state index in [4.69, 9.17) is 4.74 Å². The van der Waals surface area contributed by atoms with Crippen LogP contribution >= 0.6 is 11.3 Å². The summed E-state index contributed by atoms with van der Waals surface area (Å²) in [4.78, 5) is 26.8. The molecule has 1 heterocycles. The van der Waals surface area contributed by atoms with Crippen molar-refractivity contribution >= 4 is 34.7 Å². The second kappa shape index (κ2) is 12.0. The van der Waals surface area contributed by atoms with Crippen LogP contribution < -0.4 is 30.1 Å². The van der Waals surface area contributed by atoms with Gasteiger partial charge in [-0.25, -0.2) is 8.78 Å². The van der Waals surface area contributed by atoms with Crippen molar-refractivity contribution in [3.8, 4) is 11.8 Å². The van der Waals surface area contributed by atoms with Gasteiger partial charge >= 0.3 is 0 Å². The lowest BCUT2D eigenvalue weighted by Gasteiger charge is -2.11. The number of nitrogens with one attached hydrogen (secondary N) is 2. The summed E-state index contributed by atoms with van der Waals surface area (Å²) in [5.41, 5.74) is -0.0620. The molecule has 0 fully saturated rings. The lowest BCUT2D eigenvalue weighted by Crippen LogP contribution is -2.35. The average Bonchev–Trinajstić information content (AvgIpc) is 3.07.